The molecule has 1 aliphatic rings. The standard InChI is InChI=1S/C17H22O2/c18-13-5-4-9-16-10-6-14-19-17(16)12-11-15-7-2-1-3-8-15/h1-4,7-9,11-12,16-18H,5-6,10,13-14H2/b9-4+,12-11+/t16-,17+/m0/s1. The molecular weight excluding hydrogens is 236 g/mol. The van der Waals surface area contributed by atoms with Gasteiger partial charge in [-0.2, -0.15) is 0 Å². The Hall–Kier alpha value is -1.38. The van der Waals surface area contributed by atoms with E-state index in [4.69, 9.17) is 9.84 Å². The van der Waals surface area contributed by atoms with E-state index in [1.807, 2.05) is 18.2 Å². The number of aliphatic hydroxyl groups is 1. The van der Waals surface area contributed by atoms with Crippen LogP contribution in [0.4, 0.5) is 0 Å². The van der Waals surface area contributed by atoms with E-state index in [-0.39, 0.29) is 12.7 Å². The van der Waals surface area contributed by atoms with Crippen LogP contribution in [0.5, 0.6) is 0 Å². The summed E-state index contributed by atoms with van der Waals surface area (Å²) in [6, 6.07) is 10.3. The van der Waals surface area contributed by atoms with Crippen molar-refractivity contribution in [1.82, 2.24) is 0 Å². The van der Waals surface area contributed by atoms with Gasteiger partial charge in [0.15, 0.2) is 0 Å². The summed E-state index contributed by atoms with van der Waals surface area (Å²) in [4.78, 5) is 0. The molecule has 0 unspecified atom stereocenters. The normalized spacial score (nSPS) is 24.3. The lowest BCUT2D eigenvalue weighted by molar-refractivity contribution is 0.0201. The quantitative estimate of drug-likeness (QED) is 0.820. The first-order chi connectivity index (χ1) is 9.40. The Labute approximate surface area is 115 Å². The molecule has 0 saturated carbocycles. The Balaban J connectivity index is 1.97. The Bertz CT molecular complexity index is 409. The summed E-state index contributed by atoms with van der Waals surface area (Å²) in [5.41, 5.74) is 1.20. The number of ether oxygens (including phenoxy) is 1. The summed E-state index contributed by atoms with van der Waals surface area (Å²) in [5.74, 6) is 0.431. The fourth-order valence-electron chi connectivity index (χ4n) is 2.35. The van der Waals surface area contributed by atoms with Crippen molar-refractivity contribution in [3.63, 3.8) is 0 Å². The highest BCUT2D eigenvalue weighted by atomic mass is 16.5. The van der Waals surface area contributed by atoms with E-state index < -0.39 is 0 Å². The molecule has 2 rings (SSSR count). The van der Waals surface area contributed by atoms with Crippen LogP contribution >= 0.6 is 0 Å². The van der Waals surface area contributed by atoms with E-state index in [1.165, 1.54) is 5.56 Å². The second-order valence-corrected chi connectivity index (χ2v) is 4.85. The first-order valence-electron chi connectivity index (χ1n) is 7.02. The molecule has 102 valence electrons. The molecule has 0 amide bonds. The molecule has 0 aliphatic carbocycles. The number of benzene rings is 1. The van der Waals surface area contributed by atoms with Crippen molar-refractivity contribution in [2.24, 2.45) is 5.92 Å². The Morgan fingerprint density at radius 1 is 1.21 bits per heavy atom. The number of rotatable bonds is 5. The van der Waals surface area contributed by atoms with Gasteiger partial charge in [-0.3, -0.25) is 0 Å². The van der Waals surface area contributed by atoms with Gasteiger partial charge in [0.05, 0.1) is 6.10 Å². The minimum atomic E-state index is 0.156. The smallest absolute Gasteiger partial charge is 0.0821 e. The number of hydrogen-bond acceptors (Lipinski definition) is 2. The summed E-state index contributed by atoms with van der Waals surface area (Å²) < 4.78 is 5.84. The van der Waals surface area contributed by atoms with Gasteiger partial charge in [-0.15, -0.1) is 0 Å². The van der Waals surface area contributed by atoms with Crippen LogP contribution in [-0.2, 0) is 4.74 Å². The van der Waals surface area contributed by atoms with Gasteiger partial charge in [-0.1, -0.05) is 54.6 Å². The van der Waals surface area contributed by atoms with Crippen molar-refractivity contribution in [3.05, 3.63) is 54.1 Å². The molecule has 1 aromatic carbocycles. The molecule has 1 N–H and O–H groups in total. The predicted octanol–water partition coefficient (Wildman–Crippen LogP) is 3.43. The fourth-order valence-corrected chi connectivity index (χ4v) is 2.35. The first-order valence-corrected chi connectivity index (χ1v) is 7.02. The molecular formula is C17H22O2. The molecule has 1 aliphatic heterocycles. The number of hydrogen-bond donors (Lipinski definition) is 1. The molecule has 1 heterocycles. The zero-order valence-electron chi connectivity index (χ0n) is 11.2. The summed E-state index contributed by atoms with van der Waals surface area (Å²) in [7, 11) is 0. The molecule has 2 atom stereocenters. The zero-order chi connectivity index (χ0) is 13.3. The average molecular weight is 258 g/mol. The summed E-state index contributed by atoms with van der Waals surface area (Å²) in [6.45, 7) is 1.06. The van der Waals surface area contributed by atoms with E-state index in [0.717, 1.165) is 25.9 Å². The van der Waals surface area contributed by atoms with E-state index >= 15 is 0 Å². The molecule has 2 nitrogen and oxygen atoms in total. The highest BCUT2D eigenvalue weighted by Crippen LogP contribution is 2.24. The Morgan fingerprint density at radius 2 is 2.05 bits per heavy atom. The monoisotopic (exact) mass is 258 g/mol. The van der Waals surface area contributed by atoms with Crippen molar-refractivity contribution in [3.8, 4) is 0 Å². The molecule has 2 heteroatoms. The Kier molecular flexibility index (Phi) is 5.86. The van der Waals surface area contributed by atoms with E-state index in [9.17, 15) is 0 Å². The Morgan fingerprint density at radius 3 is 2.84 bits per heavy atom. The lowest BCUT2D eigenvalue weighted by Crippen LogP contribution is -2.26. The minimum Gasteiger partial charge on any atom is -0.396 e. The molecule has 1 saturated heterocycles. The van der Waals surface area contributed by atoms with Crippen molar-refractivity contribution in [2.45, 2.75) is 25.4 Å². The third-order valence-corrected chi connectivity index (χ3v) is 3.37. The predicted molar refractivity (Wildman–Crippen MR) is 78.8 cm³/mol. The van der Waals surface area contributed by atoms with Crippen LogP contribution in [0, 0.1) is 5.92 Å². The average Bonchev–Trinajstić information content (AvgIpc) is 2.48. The van der Waals surface area contributed by atoms with Gasteiger partial charge in [0, 0.05) is 19.1 Å². The highest BCUT2D eigenvalue weighted by molar-refractivity contribution is 5.49. The third-order valence-electron chi connectivity index (χ3n) is 3.37. The van der Waals surface area contributed by atoms with Crippen LogP contribution < -0.4 is 0 Å². The van der Waals surface area contributed by atoms with Crippen LogP contribution in [0.2, 0.25) is 0 Å². The topological polar surface area (TPSA) is 29.5 Å². The first kappa shape index (κ1) is 14.0. The summed E-state index contributed by atoms with van der Waals surface area (Å²) >= 11 is 0. The van der Waals surface area contributed by atoms with E-state index in [1.54, 1.807) is 0 Å². The molecule has 1 fully saturated rings. The SMILES string of the molecule is OCC/C=C/[C@H]1CCCO[C@@H]1/C=C/c1ccccc1. The van der Waals surface area contributed by atoms with Crippen molar-refractivity contribution >= 4 is 6.08 Å². The van der Waals surface area contributed by atoms with Gasteiger partial charge in [-0.25, -0.2) is 0 Å². The minimum absolute atomic E-state index is 0.156. The van der Waals surface area contributed by atoms with E-state index in [2.05, 4.69) is 36.4 Å². The van der Waals surface area contributed by atoms with Crippen LogP contribution in [-0.4, -0.2) is 24.4 Å². The fraction of sp³-hybridized carbons (Fsp3) is 0.412. The van der Waals surface area contributed by atoms with Gasteiger partial charge < -0.3 is 9.84 Å². The second-order valence-electron chi connectivity index (χ2n) is 4.85. The van der Waals surface area contributed by atoms with Gasteiger partial charge in [0.25, 0.3) is 0 Å². The maximum atomic E-state index is 8.82. The third kappa shape index (κ3) is 4.66. The molecule has 0 radical (unpaired) electrons. The lowest BCUT2D eigenvalue weighted by atomic mass is 9.93. The van der Waals surface area contributed by atoms with Gasteiger partial charge in [0.2, 0.25) is 0 Å². The van der Waals surface area contributed by atoms with Gasteiger partial charge in [-0.05, 0) is 24.8 Å². The van der Waals surface area contributed by atoms with Crippen LogP contribution in [0.3, 0.4) is 0 Å². The maximum absolute atomic E-state index is 8.82. The van der Waals surface area contributed by atoms with Gasteiger partial charge >= 0.3 is 0 Å². The largest absolute Gasteiger partial charge is 0.396 e. The summed E-state index contributed by atoms with van der Waals surface area (Å²) in [6.07, 6.45) is 11.7. The molecule has 1 aromatic rings. The lowest BCUT2D eigenvalue weighted by Gasteiger charge is -2.27. The second kappa shape index (κ2) is 7.93. The zero-order valence-corrected chi connectivity index (χ0v) is 11.2. The molecule has 0 aromatic heterocycles. The molecule has 19 heavy (non-hydrogen) atoms. The molecule has 0 spiro atoms. The van der Waals surface area contributed by atoms with Crippen molar-refractivity contribution < 1.29 is 9.84 Å². The van der Waals surface area contributed by atoms with Crippen molar-refractivity contribution in [1.29, 1.82) is 0 Å². The van der Waals surface area contributed by atoms with E-state index in [0.29, 0.717) is 5.92 Å². The van der Waals surface area contributed by atoms with Gasteiger partial charge in [0.1, 0.15) is 0 Å². The maximum Gasteiger partial charge on any atom is 0.0821 e. The van der Waals surface area contributed by atoms with Crippen LogP contribution in [0.25, 0.3) is 6.08 Å². The van der Waals surface area contributed by atoms with Crippen LogP contribution in [0.15, 0.2) is 48.6 Å². The summed E-state index contributed by atoms with van der Waals surface area (Å²) in [5, 5.41) is 8.82. The van der Waals surface area contributed by atoms with Crippen molar-refractivity contribution in [2.75, 3.05) is 13.2 Å². The van der Waals surface area contributed by atoms with Crippen LogP contribution in [0.1, 0.15) is 24.8 Å². The molecule has 0 bridgehead atoms. The highest BCUT2D eigenvalue weighted by Gasteiger charge is 2.21. The number of aliphatic hydroxyl groups excluding tert-OH is 1.